The standard InChI is InChI=1S/C11H13Cl2NO/c1-15-11(8-5-14-6-8)7-2-3-9(12)10(13)4-7/h2-4,8,11,14H,5-6H2,1H3/t11-/m0/s1. The number of nitrogens with one attached hydrogen (secondary N) is 1. The largest absolute Gasteiger partial charge is 0.376 e. The molecule has 82 valence electrons. The Morgan fingerprint density at radius 1 is 1.33 bits per heavy atom. The van der Waals surface area contributed by atoms with Crippen molar-refractivity contribution in [3.8, 4) is 0 Å². The minimum absolute atomic E-state index is 0.112. The van der Waals surface area contributed by atoms with Crippen LogP contribution in [-0.4, -0.2) is 20.2 Å². The molecule has 1 aromatic carbocycles. The topological polar surface area (TPSA) is 21.3 Å². The maximum absolute atomic E-state index is 5.98. The smallest absolute Gasteiger partial charge is 0.0874 e. The van der Waals surface area contributed by atoms with Crippen molar-refractivity contribution in [2.24, 2.45) is 5.92 Å². The Kier molecular flexibility index (Phi) is 3.52. The molecule has 2 nitrogen and oxygen atoms in total. The lowest BCUT2D eigenvalue weighted by atomic mass is 9.91. The van der Waals surface area contributed by atoms with Gasteiger partial charge in [-0.25, -0.2) is 0 Å². The normalized spacial score (nSPS) is 18.6. The molecule has 1 N–H and O–H groups in total. The van der Waals surface area contributed by atoms with Gasteiger partial charge in [0.2, 0.25) is 0 Å². The molecule has 1 saturated heterocycles. The van der Waals surface area contributed by atoms with Gasteiger partial charge in [-0.2, -0.15) is 0 Å². The summed E-state index contributed by atoms with van der Waals surface area (Å²) in [6.45, 7) is 2.00. The van der Waals surface area contributed by atoms with Crippen LogP contribution in [0.1, 0.15) is 11.7 Å². The van der Waals surface area contributed by atoms with Crippen molar-refractivity contribution in [1.82, 2.24) is 5.32 Å². The second-order valence-electron chi connectivity index (χ2n) is 3.75. The first-order chi connectivity index (χ1) is 7.22. The van der Waals surface area contributed by atoms with Crippen LogP contribution in [0.5, 0.6) is 0 Å². The summed E-state index contributed by atoms with van der Waals surface area (Å²) < 4.78 is 5.49. The van der Waals surface area contributed by atoms with Crippen LogP contribution in [0.3, 0.4) is 0 Å². The van der Waals surface area contributed by atoms with Crippen molar-refractivity contribution in [2.75, 3.05) is 20.2 Å². The van der Waals surface area contributed by atoms with E-state index >= 15 is 0 Å². The van der Waals surface area contributed by atoms with Crippen LogP contribution >= 0.6 is 23.2 Å². The van der Waals surface area contributed by atoms with Crippen LogP contribution in [-0.2, 0) is 4.74 Å². The van der Waals surface area contributed by atoms with E-state index in [9.17, 15) is 0 Å². The van der Waals surface area contributed by atoms with E-state index < -0.39 is 0 Å². The lowest BCUT2D eigenvalue weighted by molar-refractivity contribution is 0.0292. The number of methoxy groups -OCH3 is 1. The number of ether oxygens (including phenoxy) is 1. The lowest BCUT2D eigenvalue weighted by Crippen LogP contribution is -2.45. The van der Waals surface area contributed by atoms with E-state index in [0.29, 0.717) is 16.0 Å². The van der Waals surface area contributed by atoms with Crippen LogP contribution in [0.4, 0.5) is 0 Å². The molecule has 1 aliphatic heterocycles. The van der Waals surface area contributed by atoms with Gasteiger partial charge in [0.25, 0.3) is 0 Å². The first kappa shape index (κ1) is 11.2. The molecule has 0 unspecified atom stereocenters. The number of halogens is 2. The van der Waals surface area contributed by atoms with Crippen LogP contribution in [0.15, 0.2) is 18.2 Å². The highest BCUT2D eigenvalue weighted by atomic mass is 35.5. The van der Waals surface area contributed by atoms with Crippen molar-refractivity contribution < 1.29 is 4.74 Å². The third kappa shape index (κ3) is 2.28. The molecular weight excluding hydrogens is 233 g/mol. The molecule has 1 fully saturated rings. The summed E-state index contributed by atoms with van der Waals surface area (Å²) in [7, 11) is 1.73. The van der Waals surface area contributed by atoms with Crippen molar-refractivity contribution in [2.45, 2.75) is 6.10 Å². The molecule has 0 saturated carbocycles. The molecule has 4 heteroatoms. The molecule has 15 heavy (non-hydrogen) atoms. The second-order valence-corrected chi connectivity index (χ2v) is 4.56. The van der Waals surface area contributed by atoms with E-state index in [2.05, 4.69) is 5.32 Å². The van der Waals surface area contributed by atoms with Gasteiger partial charge in [0.1, 0.15) is 0 Å². The lowest BCUT2D eigenvalue weighted by Gasteiger charge is -2.34. The molecule has 0 radical (unpaired) electrons. The van der Waals surface area contributed by atoms with Gasteiger partial charge in [0.05, 0.1) is 16.1 Å². The Hall–Kier alpha value is -0.280. The van der Waals surface area contributed by atoms with E-state index in [1.807, 2.05) is 18.2 Å². The van der Waals surface area contributed by atoms with E-state index in [1.54, 1.807) is 7.11 Å². The minimum Gasteiger partial charge on any atom is -0.376 e. The molecule has 1 aromatic rings. The first-order valence-corrected chi connectivity index (χ1v) is 5.66. The molecule has 0 aliphatic carbocycles. The molecule has 1 aliphatic rings. The Balaban J connectivity index is 2.21. The van der Waals surface area contributed by atoms with E-state index in [0.717, 1.165) is 18.7 Å². The zero-order valence-corrected chi connectivity index (χ0v) is 9.98. The van der Waals surface area contributed by atoms with Gasteiger partial charge in [0.15, 0.2) is 0 Å². The summed E-state index contributed by atoms with van der Waals surface area (Å²) in [5, 5.41) is 4.40. The Labute approximate surface area is 99.5 Å². The summed E-state index contributed by atoms with van der Waals surface area (Å²) in [4.78, 5) is 0. The Bertz CT molecular complexity index is 352. The number of hydrogen-bond donors (Lipinski definition) is 1. The molecule has 0 amide bonds. The highest BCUT2D eigenvalue weighted by Crippen LogP contribution is 2.32. The fraction of sp³-hybridized carbons (Fsp3) is 0.455. The maximum Gasteiger partial charge on any atom is 0.0874 e. The van der Waals surface area contributed by atoms with Crippen LogP contribution in [0.2, 0.25) is 10.0 Å². The number of benzene rings is 1. The highest BCUT2D eigenvalue weighted by molar-refractivity contribution is 6.42. The summed E-state index contributed by atoms with van der Waals surface area (Å²) in [6.07, 6.45) is 0.112. The average molecular weight is 246 g/mol. The quantitative estimate of drug-likeness (QED) is 0.885. The maximum atomic E-state index is 5.98. The van der Waals surface area contributed by atoms with Gasteiger partial charge in [-0.05, 0) is 17.7 Å². The van der Waals surface area contributed by atoms with Gasteiger partial charge in [-0.15, -0.1) is 0 Å². The highest BCUT2D eigenvalue weighted by Gasteiger charge is 2.28. The SMILES string of the molecule is CO[C@@H](c1ccc(Cl)c(Cl)c1)C1CNC1. The van der Waals surface area contributed by atoms with E-state index in [1.165, 1.54) is 0 Å². The molecule has 0 aromatic heterocycles. The van der Waals surface area contributed by atoms with Crippen LogP contribution in [0.25, 0.3) is 0 Å². The zero-order valence-electron chi connectivity index (χ0n) is 8.47. The van der Waals surface area contributed by atoms with Crippen LogP contribution in [0, 0.1) is 5.92 Å². The van der Waals surface area contributed by atoms with Crippen molar-refractivity contribution in [3.05, 3.63) is 33.8 Å². The van der Waals surface area contributed by atoms with E-state index in [4.69, 9.17) is 27.9 Å². The number of hydrogen-bond acceptors (Lipinski definition) is 2. The van der Waals surface area contributed by atoms with Crippen molar-refractivity contribution >= 4 is 23.2 Å². The molecule has 1 atom stereocenters. The molecule has 0 spiro atoms. The first-order valence-electron chi connectivity index (χ1n) is 4.91. The monoisotopic (exact) mass is 245 g/mol. The number of rotatable bonds is 3. The molecule has 2 rings (SSSR count). The van der Waals surface area contributed by atoms with E-state index in [-0.39, 0.29) is 6.10 Å². The van der Waals surface area contributed by atoms with Gasteiger partial charge in [-0.1, -0.05) is 29.3 Å². The molecular formula is C11H13Cl2NO. The van der Waals surface area contributed by atoms with Gasteiger partial charge in [-0.3, -0.25) is 0 Å². The van der Waals surface area contributed by atoms with Crippen molar-refractivity contribution in [3.63, 3.8) is 0 Å². The minimum atomic E-state index is 0.112. The third-order valence-electron chi connectivity index (χ3n) is 2.77. The Morgan fingerprint density at radius 2 is 2.07 bits per heavy atom. The van der Waals surface area contributed by atoms with Gasteiger partial charge < -0.3 is 10.1 Å². The predicted octanol–water partition coefficient (Wildman–Crippen LogP) is 2.90. The average Bonchev–Trinajstić information content (AvgIpc) is 2.16. The molecule has 0 bridgehead atoms. The summed E-state index contributed by atoms with van der Waals surface area (Å²) in [5.41, 5.74) is 1.10. The van der Waals surface area contributed by atoms with Crippen molar-refractivity contribution in [1.29, 1.82) is 0 Å². The van der Waals surface area contributed by atoms with Gasteiger partial charge in [0, 0.05) is 26.1 Å². The van der Waals surface area contributed by atoms with Gasteiger partial charge >= 0.3 is 0 Å². The fourth-order valence-electron chi connectivity index (χ4n) is 1.82. The zero-order chi connectivity index (χ0) is 10.8. The Morgan fingerprint density at radius 3 is 2.53 bits per heavy atom. The molecule has 1 heterocycles. The summed E-state index contributed by atoms with van der Waals surface area (Å²) >= 11 is 11.8. The third-order valence-corrected chi connectivity index (χ3v) is 3.51. The van der Waals surface area contributed by atoms with Crippen LogP contribution < -0.4 is 5.32 Å². The fourth-order valence-corrected chi connectivity index (χ4v) is 2.12. The second kappa shape index (κ2) is 4.71. The summed E-state index contributed by atoms with van der Waals surface area (Å²) in [5.74, 6) is 0.534. The summed E-state index contributed by atoms with van der Waals surface area (Å²) in [6, 6.07) is 5.68. The predicted molar refractivity (Wildman–Crippen MR) is 62.6 cm³/mol.